The van der Waals surface area contributed by atoms with Crippen molar-refractivity contribution < 1.29 is 4.79 Å². The molecule has 2 fully saturated rings. The SMILES string of the molecule is CCC(NC(=O)c1ccc(Cl)cc1)C1[C@H]2CC(n3nnc4ccc(Br)cc43)C[C@@H]12. The molecule has 150 valence electrons. The Bertz CT molecular complexity index is 1050. The van der Waals surface area contributed by atoms with Gasteiger partial charge in [0.1, 0.15) is 5.52 Å². The second-order valence-corrected chi connectivity index (χ2v) is 9.54. The normalized spacial score (nSPS) is 26.3. The zero-order chi connectivity index (χ0) is 20.1. The number of carbonyl (C=O) groups is 1. The van der Waals surface area contributed by atoms with Gasteiger partial charge in [0.25, 0.3) is 5.91 Å². The van der Waals surface area contributed by atoms with E-state index in [-0.39, 0.29) is 11.9 Å². The number of hydrogen-bond donors (Lipinski definition) is 1. The lowest BCUT2D eigenvalue weighted by Crippen LogP contribution is -2.37. The Balaban J connectivity index is 1.25. The largest absolute Gasteiger partial charge is 0.349 e. The second kappa shape index (κ2) is 7.40. The molecule has 0 spiro atoms. The summed E-state index contributed by atoms with van der Waals surface area (Å²) in [4.78, 5) is 12.6. The first-order valence-corrected chi connectivity index (χ1v) is 11.3. The molecular formula is C22H22BrClN4O. The van der Waals surface area contributed by atoms with Gasteiger partial charge in [-0.2, -0.15) is 0 Å². The fourth-order valence-corrected chi connectivity index (χ4v) is 5.64. The maximum Gasteiger partial charge on any atom is 0.251 e. The number of hydrogen-bond acceptors (Lipinski definition) is 3. The summed E-state index contributed by atoms with van der Waals surface area (Å²) in [7, 11) is 0. The minimum atomic E-state index is -0.0119. The Morgan fingerprint density at radius 2 is 1.97 bits per heavy atom. The molecular weight excluding hydrogens is 452 g/mol. The number of carbonyl (C=O) groups excluding carboxylic acids is 1. The Kier molecular flexibility index (Phi) is 4.87. The molecule has 2 aliphatic carbocycles. The third-order valence-corrected chi connectivity index (χ3v) is 7.34. The zero-order valence-corrected chi connectivity index (χ0v) is 18.4. The molecule has 5 atom stereocenters. The fourth-order valence-electron chi connectivity index (χ4n) is 5.16. The van der Waals surface area contributed by atoms with Crippen LogP contribution in [-0.4, -0.2) is 26.9 Å². The summed E-state index contributed by atoms with van der Waals surface area (Å²) in [5.74, 6) is 1.86. The minimum Gasteiger partial charge on any atom is -0.349 e. The van der Waals surface area contributed by atoms with Crippen LogP contribution in [0.15, 0.2) is 46.9 Å². The summed E-state index contributed by atoms with van der Waals surface area (Å²) in [5, 5.41) is 12.6. The van der Waals surface area contributed by atoms with Gasteiger partial charge < -0.3 is 5.32 Å². The molecule has 7 heteroatoms. The molecule has 5 rings (SSSR count). The molecule has 1 heterocycles. The molecule has 2 aliphatic rings. The van der Waals surface area contributed by atoms with Gasteiger partial charge in [-0.05, 0) is 79.5 Å². The first kappa shape index (κ1) is 19.1. The average Bonchev–Trinajstić information content (AvgIpc) is 3.06. The zero-order valence-electron chi connectivity index (χ0n) is 16.1. The van der Waals surface area contributed by atoms with Crippen LogP contribution in [0.1, 0.15) is 42.6 Å². The molecule has 0 radical (unpaired) electrons. The van der Waals surface area contributed by atoms with E-state index in [1.165, 1.54) is 0 Å². The number of benzene rings is 2. The van der Waals surface area contributed by atoms with Crippen LogP contribution >= 0.6 is 27.5 Å². The van der Waals surface area contributed by atoms with Crippen LogP contribution in [-0.2, 0) is 0 Å². The second-order valence-electron chi connectivity index (χ2n) is 8.19. The highest BCUT2D eigenvalue weighted by Crippen LogP contribution is 2.62. The Hall–Kier alpha value is -1.92. The van der Waals surface area contributed by atoms with Crippen molar-refractivity contribution in [3.63, 3.8) is 0 Å². The molecule has 3 aromatic rings. The van der Waals surface area contributed by atoms with Gasteiger partial charge in [-0.25, -0.2) is 4.68 Å². The predicted molar refractivity (Wildman–Crippen MR) is 117 cm³/mol. The molecule has 0 bridgehead atoms. The molecule has 0 saturated heterocycles. The number of nitrogens with zero attached hydrogens (tertiary/aromatic N) is 3. The monoisotopic (exact) mass is 472 g/mol. The number of amides is 1. The average molecular weight is 474 g/mol. The van der Waals surface area contributed by atoms with Gasteiger partial charge in [0.05, 0.1) is 11.6 Å². The molecule has 0 aliphatic heterocycles. The van der Waals surface area contributed by atoms with Crippen LogP contribution in [0.5, 0.6) is 0 Å². The van der Waals surface area contributed by atoms with Crippen molar-refractivity contribution >= 4 is 44.5 Å². The lowest BCUT2D eigenvalue weighted by molar-refractivity contribution is 0.0926. The molecule has 1 amide bonds. The number of fused-ring (bicyclic) bond motifs is 2. The highest BCUT2D eigenvalue weighted by atomic mass is 79.9. The van der Waals surface area contributed by atoms with Gasteiger partial charge in [0.2, 0.25) is 0 Å². The van der Waals surface area contributed by atoms with Crippen molar-refractivity contribution in [1.29, 1.82) is 0 Å². The molecule has 1 N–H and O–H groups in total. The van der Waals surface area contributed by atoms with E-state index in [1.807, 2.05) is 12.1 Å². The molecule has 2 aromatic carbocycles. The van der Waals surface area contributed by atoms with E-state index in [0.29, 0.717) is 34.4 Å². The summed E-state index contributed by atoms with van der Waals surface area (Å²) in [6.45, 7) is 2.15. The van der Waals surface area contributed by atoms with Gasteiger partial charge in [0.15, 0.2) is 0 Å². The van der Waals surface area contributed by atoms with Crippen molar-refractivity contribution in [1.82, 2.24) is 20.3 Å². The van der Waals surface area contributed by atoms with E-state index in [0.717, 1.165) is 34.8 Å². The van der Waals surface area contributed by atoms with Crippen molar-refractivity contribution in [2.45, 2.75) is 38.3 Å². The lowest BCUT2D eigenvalue weighted by atomic mass is 9.99. The third-order valence-electron chi connectivity index (χ3n) is 6.59. The Labute approximate surface area is 182 Å². The van der Waals surface area contributed by atoms with E-state index in [1.54, 1.807) is 24.3 Å². The van der Waals surface area contributed by atoms with E-state index >= 15 is 0 Å². The van der Waals surface area contributed by atoms with Crippen LogP contribution in [0, 0.1) is 17.8 Å². The highest BCUT2D eigenvalue weighted by Gasteiger charge is 2.59. The summed E-state index contributed by atoms with van der Waals surface area (Å²) >= 11 is 9.48. The number of nitrogens with one attached hydrogen (secondary N) is 1. The molecule has 1 aromatic heterocycles. The summed E-state index contributed by atoms with van der Waals surface area (Å²) in [6, 6.07) is 13.8. The van der Waals surface area contributed by atoms with Gasteiger partial charge in [-0.15, -0.1) is 5.10 Å². The van der Waals surface area contributed by atoms with Crippen LogP contribution in [0.3, 0.4) is 0 Å². The van der Waals surface area contributed by atoms with Crippen molar-refractivity contribution in [2.75, 3.05) is 0 Å². The van der Waals surface area contributed by atoms with E-state index in [2.05, 4.69) is 49.2 Å². The number of halogens is 2. The fraction of sp³-hybridized carbons (Fsp3) is 0.409. The van der Waals surface area contributed by atoms with Gasteiger partial charge in [-0.1, -0.05) is 39.7 Å². The maximum absolute atomic E-state index is 12.6. The van der Waals surface area contributed by atoms with Gasteiger partial charge >= 0.3 is 0 Å². The summed E-state index contributed by atoms with van der Waals surface area (Å²) in [6.07, 6.45) is 3.15. The van der Waals surface area contributed by atoms with Crippen molar-refractivity contribution in [2.24, 2.45) is 17.8 Å². The van der Waals surface area contributed by atoms with E-state index in [4.69, 9.17) is 11.6 Å². The number of aromatic nitrogens is 3. The van der Waals surface area contributed by atoms with Gasteiger partial charge in [-0.3, -0.25) is 4.79 Å². The highest BCUT2D eigenvalue weighted by molar-refractivity contribution is 9.10. The first-order valence-electron chi connectivity index (χ1n) is 10.1. The summed E-state index contributed by atoms with van der Waals surface area (Å²) in [5.41, 5.74) is 2.69. The van der Waals surface area contributed by atoms with Crippen LogP contribution in [0.2, 0.25) is 5.02 Å². The van der Waals surface area contributed by atoms with E-state index in [9.17, 15) is 4.79 Å². The minimum absolute atomic E-state index is 0.0119. The maximum atomic E-state index is 12.6. The summed E-state index contributed by atoms with van der Waals surface area (Å²) < 4.78 is 3.14. The third kappa shape index (κ3) is 3.46. The predicted octanol–water partition coefficient (Wildman–Crippen LogP) is 5.25. The first-order chi connectivity index (χ1) is 14.0. The van der Waals surface area contributed by atoms with Crippen LogP contribution < -0.4 is 5.32 Å². The standard InChI is InChI=1S/C22H22BrClN4O/c1-2-18(25-22(29)12-3-6-14(24)7-4-12)21-16-10-15(11-17(16)21)28-20-9-13(23)5-8-19(20)26-27-28/h3-9,15-18,21H,2,10-11H2,1H3,(H,25,29)/t15?,16-,17+,18?,21?. The topological polar surface area (TPSA) is 59.8 Å². The van der Waals surface area contributed by atoms with Crippen molar-refractivity contribution in [3.05, 3.63) is 57.5 Å². The quantitative estimate of drug-likeness (QED) is 0.550. The lowest BCUT2D eigenvalue weighted by Gasteiger charge is -2.22. The molecule has 3 unspecified atom stereocenters. The number of rotatable bonds is 5. The Morgan fingerprint density at radius 1 is 1.24 bits per heavy atom. The molecule has 29 heavy (non-hydrogen) atoms. The molecule has 2 saturated carbocycles. The Morgan fingerprint density at radius 3 is 2.66 bits per heavy atom. The van der Waals surface area contributed by atoms with Gasteiger partial charge in [0, 0.05) is 21.1 Å². The smallest absolute Gasteiger partial charge is 0.251 e. The molecule has 5 nitrogen and oxygen atoms in total. The van der Waals surface area contributed by atoms with Crippen molar-refractivity contribution in [3.8, 4) is 0 Å². The van der Waals surface area contributed by atoms with E-state index < -0.39 is 0 Å². The van der Waals surface area contributed by atoms with Crippen LogP contribution in [0.25, 0.3) is 11.0 Å². The van der Waals surface area contributed by atoms with Crippen LogP contribution in [0.4, 0.5) is 0 Å².